The first-order chi connectivity index (χ1) is 7.24. The average molecular weight is 317 g/mol. The summed E-state index contributed by atoms with van der Waals surface area (Å²) in [6.45, 7) is 0.588. The van der Waals surface area contributed by atoms with Crippen molar-refractivity contribution >= 4 is 34.4 Å². The Labute approximate surface area is 102 Å². The van der Waals surface area contributed by atoms with Crippen LogP contribution in [0.25, 0.3) is 0 Å². The first kappa shape index (κ1) is 9.81. The zero-order valence-electron chi connectivity index (χ0n) is 8.23. The summed E-state index contributed by atoms with van der Waals surface area (Å²) in [4.78, 5) is 25.6. The number of imide groups is 1. The molecule has 0 spiro atoms. The molecule has 4 heteroatoms. The lowest BCUT2D eigenvalue weighted by Gasteiger charge is -2.15. The van der Waals surface area contributed by atoms with Crippen LogP contribution in [-0.2, 0) is 9.59 Å². The van der Waals surface area contributed by atoms with Gasteiger partial charge in [-0.25, -0.2) is 0 Å². The van der Waals surface area contributed by atoms with Crippen LogP contribution in [0, 0.1) is 23.7 Å². The van der Waals surface area contributed by atoms with Crippen LogP contribution in [0.4, 0.5) is 0 Å². The normalized spacial score (nSPS) is 41.8. The van der Waals surface area contributed by atoms with E-state index in [0.29, 0.717) is 18.4 Å². The number of fused-ring (bicyclic) bond motifs is 5. The molecule has 2 amide bonds. The topological polar surface area (TPSA) is 37.4 Å². The van der Waals surface area contributed by atoms with Gasteiger partial charge in [0.25, 0.3) is 0 Å². The van der Waals surface area contributed by atoms with Gasteiger partial charge in [-0.15, -0.1) is 0 Å². The van der Waals surface area contributed by atoms with Crippen molar-refractivity contribution in [1.82, 2.24) is 4.90 Å². The minimum atomic E-state index is -0.0181. The number of hydrogen-bond acceptors (Lipinski definition) is 2. The Morgan fingerprint density at radius 3 is 2.20 bits per heavy atom. The van der Waals surface area contributed by atoms with Crippen LogP contribution in [0.5, 0.6) is 0 Å². The van der Waals surface area contributed by atoms with Crippen molar-refractivity contribution in [2.45, 2.75) is 6.42 Å². The summed E-state index contributed by atoms with van der Waals surface area (Å²) in [6, 6.07) is 0. The molecule has 1 saturated carbocycles. The number of halogens is 1. The second-order valence-electron chi connectivity index (χ2n) is 4.52. The van der Waals surface area contributed by atoms with Gasteiger partial charge in [0.2, 0.25) is 11.8 Å². The van der Waals surface area contributed by atoms with E-state index < -0.39 is 0 Å². The molecular formula is C11H12INO2. The number of likely N-dealkylation sites (tertiary alicyclic amines) is 1. The molecule has 1 saturated heterocycles. The molecule has 0 radical (unpaired) electrons. The predicted molar refractivity (Wildman–Crippen MR) is 63.3 cm³/mol. The summed E-state index contributed by atoms with van der Waals surface area (Å²) in [5.41, 5.74) is 0. The van der Waals surface area contributed by atoms with Gasteiger partial charge in [0.1, 0.15) is 0 Å². The minimum absolute atomic E-state index is 0.0181. The smallest absolute Gasteiger partial charge is 0.233 e. The van der Waals surface area contributed by atoms with Crippen molar-refractivity contribution in [2.75, 3.05) is 11.0 Å². The molecule has 15 heavy (non-hydrogen) atoms. The van der Waals surface area contributed by atoms with Crippen molar-refractivity contribution in [1.29, 1.82) is 0 Å². The molecule has 3 rings (SSSR count). The molecule has 0 aromatic heterocycles. The summed E-state index contributed by atoms with van der Waals surface area (Å²) in [5, 5.41) is 0. The van der Waals surface area contributed by atoms with E-state index in [0.717, 1.165) is 10.8 Å². The Morgan fingerprint density at radius 2 is 1.73 bits per heavy atom. The van der Waals surface area contributed by atoms with Gasteiger partial charge in [0.15, 0.2) is 0 Å². The zero-order chi connectivity index (χ0) is 10.6. The minimum Gasteiger partial charge on any atom is -0.281 e. The third kappa shape index (κ3) is 1.17. The SMILES string of the molecule is O=C1C2C3C=CC(C3)C2C(=O)N1CCI. The summed E-state index contributed by atoms with van der Waals surface area (Å²) < 4.78 is 0.831. The number of hydrogen-bond donors (Lipinski definition) is 0. The van der Waals surface area contributed by atoms with Crippen LogP contribution >= 0.6 is 22.6 Å². The lowest BCUT2D eigenvalue weighted by Crippen LogP contribution is -2.34. The standard InChI is InChI=1S/C11H12INO2/c12-3-4-13-10(14)8-6-1-2-7(5-6)9(8)11(13)15/h1-2,6-9H,3-5H2. The highest BCUT2D eigenvalue weighted by atomic mass is 127. The largest absolute Gasteiger partial charge is 0.281 e. The highest BCUT2D eigenvalue weighted by molar-refractivity contribution is 14.1. The average Bonchev–Trinajstić information content (AvgIpc) is 2.87. The summed E-state index contributed by atoms with van der Waals surface area (Å²) in [7, 11) is 0. The van der Waals surface area contributed by atoms with Gasteiger partial charge in [-0.3, -0.25) is 14.5 Å². The fourth-order valence-corrected chi connectivity index (χ4v) is 3.75. The first-order valence-electron chi connectivity index (χ1n) is 5.33. The quantitative estimate of drug-likeness (QED) is 0.332. The monoisotopic (exact) mass is 317 g/mol. The zero-order valence-corrected chi connectivity index (χ0v) is 10.4. The maximum atomic E-state index is 12.0. The molecule has 1 heterocycles. The molecule has 0 aromatic carbocycles. The second-order valence-corrected chi connectivity index (χ2v) is 5.60. The number of allylic oxidation sites excluding steroid dienone is 2. The summed E-state index contributed by atoms with van der Waals surface area (Å²) >= 11 is 2.21. The van der Waals surface area contributed by atoms with E-state index in [4.69, 9.17) is 0 Å². The van der Waals surface area contributed by atoms with Crippen molar-refractivity contribution in [3.63, 3.8) is 0 Å². The molecule has 4 unspecified atom stereocenters. The lowest BCUT2D eigenvalue weighted by molar-refractivity contribution is -0.140. The highest BCUT2D eigenvalue weighted by Crippen LogP contribution is 2.52. The van der Waals surface area contributed by atoms with E-state index in [-0.39, 0.29) is 23.7 Å². The van der Waals surface area contributed by atoms with E-state index in [2.05, 4.69) is 34.7 Å². The number of nitrogens with zero attached hydrogens (tertiary/aromatic N) is 1. The van der Waals surface area contributed by atoms with Crippen LogP contribution in [-0.4, -0.2) is 27.7 Å². The maximum absolute atomic E-state index is 12.0. The Hall–Kier alpha value is -0.390. The maximum Gasteiger partial charge on any atom is 0.233 e. The van der Waals surface area contributed by atoms with E-state index in [1.54, 1.807) is 0 Å². The Balaban J connectivity index is 1.93. The van der Waals surface area contributed by atoms with Crippen molar-refractivity contribution in [3.8, 4) is 0 Å². The first-order valence-corrected chi connectivity index (χ1v) is 6.86. The van der Waals surface area contributed by atoms with E-state index in [1.165, 1.54) is 4.90 Å². The van der Waals surface area contributed by atoms with E-state index in [9.17, 15) is 9.59 Å². The van der Waals surface area contributed by atoms with E-state index >= 15 is 0 Å². The van der Waals surface area contributed by atoms with Crippen LogP contribution in [0.3, 0.4) is 0 Å². The van der Waals surface area contributed by atoms with Crippen LogP contribution < -0.4 is 0 Å². The summed E-state index contributed by atoms with van der Waals surface area (Å²) in [6.07, 6.45) is 5.28. The molecule has 4 atom stereocenters. The molecule has 2 aliphatic carbocycles. The van der Waals surface area contributed by atoms with Gasteiger partial charge in [-0.05, 0) is 18.3 Å². The van der Waals surface area contributed by atoms with Gasteiger partial charge in [-0.1, -0.05) is 34.7 Å². The third-order valence-electron chi connectivity index (χ3n) is 3.87. The molecule has 3 aliphatic rings. The second kappa shape index (κ2) is 3.30. The van der Waals surface area contributed by atoms with Crippen molar-refractivity contribution in [2.24, 2.45) is 23.7 Å². The van der Waals surface area contributed by atoms with Crippen LogP contribution in [0.2, 0.25) is 0 Å². The van der Waals surface area contributed by atoms with Crippen molar-refractivity contribution in [3.05, 3.63) is 12.2 Å². The fraction of sp³-hybridized carbons (Fsp3) is 0.636. The summed E-state index contributed by atoms with van der Waals surface area (Å²) in [5.74, 6) is 0.814. The molecule has 3 nitrogen and oxygen atoms in total. The van der Waals surface area contributed by atoms with E-state index in [1.807, 2.05) is 0 Å². The molecule has 80 valence electrons. The van der Waals surface area contributed by atoms with Gasteiger partial charge < -0.3 is 0 Å². The fourth-order valence-electron chi connectivity index (χ4n) is 3.27. The predicted octanol–water partition coefficient (Wildman–Crippen LogP) is 1.23. The molecule has 0 aromatic rings. The van der Waals surface area contributed by atoms with Gasteiger partial charge in [0.05, 0.1) is 11.8 Å². The van der Waals surface area contributed by atoms with Crippen LogP contribution in [0.1, 0.15) is 6.42 Å². The Kier molecular flexibility index (Phi) is 2.16. The lowest BCUT2D eigenvalue weighted by atomic mass is 9.85. The third-order valence-corrected chi connectivity index (χ3v) is 4.35. The number of alkyl halides is 1. The number of carbonyl (C=O) groups is 2. The van der Waals surface area contributed by atoms with Gasteiger partial charge in [0, 0.05) is 11.0 Å². The molecule has 0 N–H and O–H groups in total. The molecule has 2 bridgehead atoms. The molecular weight excluding hydrogens is 305 g/mol. The Bertz CT molecular complexity index is 336. The van der Waals surface area contributed by atoms with Crippen LogP contribution in [0.15, 0.2) is 12.2 Å². The molecule has 2 fully saturated rings. The van der Waals surface area contributed by atoms with Gasteiger partial charge in [-0.2, -0.15) is 0 Å². The number of carbonyl (C=O) groups excluding carboxylic acids is 2. The Morgan fingerprint density at radius 1 is 1.20 bits per heavy atom. The van der Waals surface area contributed by atoms with Gasteiger partial charge >= 0.3 is 0 Å². The van der Waals surface area contributed by atoms with Crippen molar-refractivity contribution < 1.29 is 9.59 Å². The number of rotatable bonds is 2. The highest BCUT2D eigenvalue weighted by Gasteiger charge is 2.58. The number of amides is 2. The molecule has 1 aliphatic heterocycles.